The van der Waals surface area contributed by atoms with Gasteiger partial charge in [-0.25, -0.2) is 13.6 Å². The fourth-order valence-corrected chi connectivity index (χ4v) is 2.05. The third-order valence-electron chi connectivity index (χ3n) is 2.98. The number of carbonyl (C=O) groups is 1. The number of amides is 2. The van der Waals surface area contributed by atoms with Gasteiger partial charge in [0, 0.05) is 17.1 Å². The lowest BCUT2D eigenvalue weighted by molar-refractivity contribution is -0.136. The molecule has 0 spiro atoms. The van der Waals surface area contributed by atoms with Crippen LogP contribution in [0.1, 0.15) is 11.1 Å². The van der Waals surface area contributed by atoms with E-state index in [0.717, 1.165) is 24.3 Å². The molecule has 0 fully saturated rings. The van der Waals surface area contributed by atoms with Gasteiger partial charge in [0.05, 0.1) is 11.3 Å². The molecule has 3 nitrogen and oxygen atoms in total. The molecule has 0 aliphatic rings. The normalized spacial score (nSPS) is 11.2. The van der Waals surface area contributed by atoms with Crippen LogP contribution in [0.25, 0.3) is 0 Å². The summed E-state index contributed by atoms with van der Waals surface area (Å²) in [5.41, 5.74) is -1.77. The summed E-state index contributed by atoms with van der Waals surface area (Å²) < 4.78 is 65.1. The van der Waals surface area contributed by atoms with Crippen molar-refractivity contribution >= 4 is 23.3 Å². The zero-order chi connectivity index (χ0) is 17.9. The maximum atomic E-state index is 13.4. The fourth-order valence-electron chi connectivity index (χ4n) is 1.88. The summed E-state index contributed by atoms with van der Waals surface area (Å²) in [4.78, 5) is 11.7. The van der Waals surface area contributed by atoms with E-state index in [1.54, 1.807) is 0 Å². The first-order valence-corrected chi connectivity index (χ1v) is 6.90. The monoisotopic (exact) mass is 364 g/mol. The SMILES string of the molecule is O=C(NCc1cc(F)ccc1F)Nc1ccc(Cl)cc1C(F)(F)F. The minimum atomic E-state index is -4.72. The standard InChI is InChI=1S/C15H10ClF5N2O/c16-9-1-4-13(11(6-9)15(19,20)21)23-14(24)22-7-8-5-10(17)2-3-12(8)18/h1-6H,7H2,(H2,22,23,24). The van der Waals surface area contributed by atoms with Crippen LogP contribution in [0.2, 0.25) is 5.02 Å². The first kappa shape index (κ1) is 18.0. The van der Waals surface area contributed by atoms with Crippen LogP contribution in [0.3, 0.4) is 0 Å². The minimum absolute atomic E-state index is 0.141. The van der Waals surface area contributed by atoms with Gasteiger partial charge in [-0.15, -0.1) is 0 Å². The van der Waals surface area contributed by atoms with Crippen LogP contribution >= 0.6 is 11.6 Å². The van der Waals surface area contributed by atoms with E-state index in [9.17, 15) is 26.7 Å². The number of urea groups is 1. The van der Waals surface area contributed by atoms with Crippen LogP contribution < -0.4 is 10.6 Å². The maximum absolute atomic E-state index is 13.4. The molecule has 128 valence electrons. The molecule has 0 heterocycles. The highest BCUT2D eigenvalue weighted by Gasteiger charge is 2.34. The Kier molecular flexibility index (Phi) is 5.28. The van der Waals surface area contributed by atoms with E-state index in [0.29, 0.717) is 6.07 Å². The number of hydrogen-bond donors (Lipinski definition) is 2. The Balaban J connectivity index is 2.09. The third kappa shape index (κ3) is 4.58. The molecule has 0 aliphatic carbocycles. The lowest BCUT2D eigenvalue weighted by atomic mass is 10.1. The fraction of sp³-hybridized carbons (Fsp3) is 0.133. The molecule has 0 aliphatic heterocycles. The minimum Gasteiger partial charge on any atom is -0.334 e. The topological polar surface area (TPSA) is 41.1 Å². The molecule has 0 atom stereocenters. The second kappa shape index (κ2) is 7.04. The molecule has 2 N–H and O–H groups in total. The summed E-state index contributed by atoms with van der Waals surface area (Å²) in [6.07, 6.45) is -4.72. The van der Waals surface area contributed by atoms with Crippen molar-refractivity contribution in [1.29, 1.82) is 0 Å². The van der Waals surface area contributed by atoms with Crippen molar-refractivity contribution in [2.24, 2.45) is 0 Å². The summed E-state index contributed by atoms with van der Waals surface area (Å²) in [6, 6.07) is 4.49. The smallest absolute Gasteiger partial charge is 0.334 e. The van der Waals surface area contributed by atoms with Gasteiger partial charge >= 0.3 is 12.2 Å². The Labute approximate surface area is 138 Å². The van der Waals surface area contributed by atoms with E-state index in [1.807, 2.05) is 5.32 Å². The molecular weight excluding hydrogens is 355 g/mol. The molecule has 0 radical (unpaired) electrons. The largest absolute Gasteiger partial charge is 0.418 e. The highest BCUT2D eigenvalue weighted by molar-refractivity contribution is 6.30. The van der Waals surface area contributed by atoms with Crippen molar-refractivity contribution in [3.05, 3.63) is 64.2 Å². The third-order valence-corrected chi connectivity index (χ3v) is 3.22. The van der Waals surface area contributed by atoms with Crippen molar-refractivity contribution in [3.8, 4) is 0 Å². The quantitative estimate of drug-likeness (QED) is 0.743. The van der Waals surface area contributed by atoms with Crippen LogP contribution in [0.5, 0.6) is 0 Å². The zero-order valence-electron chi connectivity index (χ0n) is 11.8. The average Bonchev–Trinajstić information content (AvgIpc) is 2.49. The van der Waals surface area contributed by atoms with Gasteiger partial charge in [-0.1, -0.05) is 11.6 Å². The number of nitrogens with one attached hydrogen (secondary N) is 2. The molecule has 2 rings (SSSR count). The molecule has 2 aromatic carbocycles. The van der Waals surface area contributed by atoms with E-state index in [-0.39, 0.29) is 10.6 Å². The Morgan fingerprint density at radius 1 is 1.08 bits per heavy atom. The van der Waals surface area contributed by atoms with Crippen LogP contribution in [0.4, 0.5) is 32.4 Å². The summed E-state index contributed by atoms with van der Waals surface area (Å²) in [6.45, 7) is -0.398. The summed E-state index contributed by atoms with van der Waals surface area (Å²) >= 11 is 5.53. The molecule has 9 heteroatoms. The van der Waals surface area contributed by atoms with Gasteiger partial charge < -0.3 is 10.6 Å². The van der Waals surface area contributed by atoms with E-state index in [2.05, 4.69) is 5.32 Å². The van der Waals surface area contributed by atoms with Crippen molar-refractivity contribution in [2.75, 3.05) is 5.32 Å². The highest BCUT2D eigenvalue weighted by Crippen LogP contribution is 2.36. The van der Waals surface area contributed by atoms with E-state index in [1.165, 1.54) is 6.07 Å². The van der Waals surface area contributed by atoms with Gasteiger partial charge in [0.15, 0.2) is 0 Å². The summed E-state index contributed by atoms with van der Waals surface area (Å²) in [7, 11) is 0. The first-order valence-electron chi connectivity index (χ1n) is 6.52. The molecule has 2 amide bonds. The Morgan fingerprint density at radius 2 is 1.79 bits per heavy atom. The Hall–Kier alpha value is -2.35. The summed E-state index contributed by atoms with van der Waals surface area (Å²) in [5, 5.41) is 4.01. The van der Waals surface area contributed by atoms with Crippen LogP contribution in [-0.4, -0.2) is 6.03 Å². The van der Waals surface area contributed by atoms with Gasteiger partial charge in [0.1, 0.15) is 11.6 Å². The number of hydrogen-bond acceptors (Lipinski definition) is 1. The first-order chi connectivity index (χ1) is 11.2. The number of anilines is 1. The second-order valence-corrected chi connectivity index (χ2v) is 5.17. The number of rotatable bonds is 3. The van der Waals surface area contributed by atoms with Crippen molar-refractivity contribution in [2.45, 2.75) is 12.7 Å². The van der Waals surface area contributed by atoms with Crippen molar-refractivity contribution in [3.63, 3.8) is 0 Å². The number of benzene rings is 2. The molecule has 24 heavy (non-hydrogen) atoms. The van der Waals surface area contributed by atoms with Crippen LogP contribution in [-0.2, 0) is 12.7 Å². The Morgan fingerprint density at radius 3 is 2.46 bits per heavy atom. The van der Waals surface area contributed by atoms with E-state index in [4.69, 9.17) is 11.6 Å². The number of carbonyl (C=O) groups excluding carboxylic acids is 1. The molecule has 0 unspecified atom stereocenters. The molecule has 0 saturated carbocycles. The molecule has 2 aromatic rings. The van der Waals surface area contributed by atoms with Gasteiger partial charge in [-0.2, -0.15) is 13.2 Å². The van der Waals surface area contributed by atoms with E-state index < -0.39 is 41.6 Å². The lowest BCUT2D eigenvalue weighted by Gasteiger charge is -2.14. The van der Waals surface area contributed by atoms with Gasteiger partial charge in [-0.3, -0.25) is 0 Å². The van der Waals surface area contributed by atoms with Gasteiger partial charge in [0.2, 0.25) is 0 Å². The predicted octanol–water partition coefficient (Wildman–Crippen LogP) is 4.96. The van der Waals surface area contributed by atoms with Crippen LogP contribution in [0.15, 0.2) is 36.4 Å². The van der Waals surface area contributed by atoms with Gasteiger partial charge in [-0.05, 0) is 36.4 Å². The van der Waals surface area contributed by atoms with E-state index >= 15 is 0 Å². The highest BCUT2D eigenvalue weighted by atomic mass is 35.5. The van der Waals surface area contributed by atoms with Gasteiger partial charge in [0.25, 0.3) is 0 Å². The van der Waals surface area contributed by atoms with Crippen molar-refractivity contribution < 1.29 is 26.7 Å². The number of alkyl halides is 3. The molecule has 0 aromatic heterocycles. The summed E-state index contributed by atoms with van der Waals surface area (Å²) in [5.74, 6) is -1.45. The average molecular weight is 365 g/mol. The lowest BCUT2D eigenvalue weighted by Crippen LogP contribution is -2.29. The van der Waals surface area contributed by atoms with Crippen molar-refractivity contribution in [1.82, 2.24) is 5.32 Å². The molecular formula is C15H10ClF5N2O. The maximum Gasteiger partial charge on any atom is 0.418 e. The molecule has 0 bridgehead atoms. The zero-order valence-corrected chi connectivity index (χ0v) is 12.6. The second-order valence-electron chi connectivity index (χ2n) is 4.73. The Bertz CT molecular complexity index is 764. The number of halogens is 6. The molecule has 0 saturated heterocycles. The van der Waals surface area contributed by atoms with Crippen LogP contribution in [0, 0.1) is 11.6 Å². The predicted molar refractivity (Wildman–Crippen MR) is 78.7 cm³/mol.